The number of rotatable bonds is 9. The number of halogens is 1. The molecule has 0 aliphatic heterocycles. The molecular weight excluding hydrogens is 321 g/mol. The van der Waals surface area contributed by atoms with Gasteiger partial charge >= 0.3 is 0 Å². The molecule has 0 amide bonds. The third kappa shape index (κ3) is 4.63. The second-order valence-corrected chi connectivity index (χ2v) is 5.63. The molecule has 1 unspecified atom stereocenters. The largest absolute Gasteiger partial charge is 0.494 e. The second-order valence-electron chi connectivity index (χ2n) is 5.63. The summed E-state index contributed by atoms with van der Waals surface area (Å²) in [6, 6.07) is 10.3. The van der Waals surface area contributed by atoms with Gasteiger partial charge in [0.2, 0.25) is 0 Å². The van der Waals surface area contributed by atoms with Crippen molar-refractivity contribution in [1.29, 1.82) is 0 Å². The summed E-state index contributed by atoms with van der Waals surface area (Å²) in [6.07, 6.45) is 0.604. The number of benzene rings is 2. The van der Waals surface area contributed by atoms with Crippen LogP contribution in [0.15, 0.2) is 36.4 Å². The van der Waals surface area contributed by atoms with Crippen molar-refractivity contribution in [3.63, 3.8) is 0 Å². The van der Waals surface area contributed by atoms with Crippen LogP contribution in [0.1, 0.15) is 30.9 Å². The number of hydrogen-bond acceptors (Lipinski definition) is 4. The quantitative estimate of drug-likeness (QED) is 0.747. The molecule has 2 rings (SSSR count). The van der Waals surface area contributed by atoms with Crippen LogP contribution in [-0.4, -0.2) is 26.9 Å². The van der Waals surface area contributed by atoms with E-state index in [1.54, 1.807) is 13.2 Å². The summed E-state index contributed by atoms with van der Waals surface area (Å²) in [4.78, 5) is 0. The molecule has 1 atom stereocenters. The van der Waals surface area contributed by atoms with Gasteiger partial charge in [-0.2, -0.15) is 0 Å². The molecule has 0 spiro atoms. The fourth-order valence-electron chi connectivity index (χ4n) is 2.90. The first-order valence-corrected chi connectivity index (χ1v) is 8.55. The van der Waals surface area contributed by atoms with Gasteiger partial charge in [-0.1, -0.05) is 12.1 Å². The van der Waals surface area contributed by atoms with Crippen LogP contribution in [0.4, 0.5) is 4.39 Å². The Labute approximate surface area is 148 Å². The van der Waals surface area contributed by atoms with Crippen molar-refractivity contribution >= 4 is 0 Å². The van der Waals surface area contributed by atoms with Gasteiger partial charge in [0.25, 0.3) is 0 Å². The SMILES string of the molecule is CCOc1ccc(F)cc1C(CN)Cc1cccc(OC)c1OCC. The minimum Gasteiger partial charge on any atom is -0.494 e. The second kappa shape index (κ2) is 9.28. The molecule has 0 saturated heterocycles. The average Bonchev–Trinajstić information content (AvgIpc) is 2.62. The van der Waals surface area contributed by atoms with Crippen molar-refractivity contribution in [2.45, 2.75) is 26.2 Å². The van der Waals surface area contributed by atoms with Crippen molar-refractivity contribution in [2.75, 3.05) is 26.9 Å². The number of ether oxygens (including phenoxy) is 3. The highest BCUT2D eigenvalue weighted by atomic mass is 19.1. The van der Waals surface area contributed by atoms with Crippen LogP contribution in [0.2, 0.25) is 0 Å². The summed E-state index contributed by atoms with van der Waals surface area (Å²) in [5.74, 6) is 1.66. The first kappa shape index (κ1) is 19.1. The van der Waals surface area contributed by atoms with E-state index in [9.17, 15) is 4.39 Å². The van der Waals surface area contributed by atoms with Crippen molar-refractivity contribution in [3.8, 4) is 17.2 Å². The normalized spacial score (nSPS) is 11.9. The van der Waals surface area contributed by atoms with Gasteiger partial charge in [-0.3, -0.25) is 0 Å². The van der Waals surface area contributed by atoms with E-state index in [1.165, 1.54) is 12.1 Å². The van der Waals surface area contributed by atoms with E-state index in [0.29, 0.717) is 43.4 Å². The average molecular weight is 347 g/mol. The van der Waals surface area contributed by atoms with Gasteiger partial charge < -0.3 is 19.9 Å². The lowest BCUT2D eigenvalue weighted by Crippen LogP contribution is -2.17. The third-order valence-electron chi connectivity index (χ3n) is 4.03. The molecule has 25 heavy (non-hydrogen) atoms. The lowest BCUT2D eigenvalue weighted by Gasteiger charge is -2.21. The first-order chi connectivity index (χ1) is 12.1. The van der Waals surface area contributed by atoms with Crippen LogP contribution in [0, 0.1) is 5.82 Å². The highest BCUT2D eigenvalue weighted by Crippen LogP contribution is 2.36. The summed E-state index contributed by atoms with van der Waals surface area (Å²) >= 11 is 0. The van der Waals surface area contributed by atoms with E-state index in [1.807, 2.05) is 32.0 Å². The zero-order chi connectivity index (χ0) is 18.2. The molecule has 0 radical (unpaired) electrons. The van der Waals surface area contributed by atoms with Crippen LogP contribution in [0.3, 0.4) is 0 Å². The van der Waals surface area contributed by atoms with Gasteiger partial charge in [-0.25, -0.2) is 4.39 Å². The first-order valence-electron chi connectivity index (χ1n) is 8.55. The Morgan fingerprint density at radius 1 is 1.04 bits per heavy atom. The highest BCUT2D eigenvalue weighted by Gasteiger charge is 2.20. The van der Waals surface area contributed by atoms with Crippen LogP contribution in [0.25, 0.3) is 0 Å². The molecule has 0 bridgehead atoms. The van der Waals surface area contributed by atoms with Crippen LogP contribution in [0.5, 0.6) is 17.2 Å². The van der Waals surface area contributed by atoms with E-state index < -0.39 is 0 Å². The maximum atomic E-state index is 13.8. The molecule has 2 N–H and O–H groups in total. The fraction of sp³-hybridized carbons (Fsp3) is 0.400. The van der Waals surface area contributed by atoms with Crippen molar-refractivity contribution in [3.05, 3.63) is 53.3 Å². The molecule has 0 saturated carbocycles. The Balaban J connectivity index is 2.39. The third-order valence-corrected chi connectivity index (χ3v) is 4.03. The number of para-hydroxylation sites is 1. The Morgan fingerprint density at radius 2 is 1.80 bits per heavy atom. The van der Waals surface area contributed by atoms with E-state index >= 15 is 0 Å². The maximum absolute atomic E-state index is 13.8. The van der Waals surface area contributed by atoms with Crippen LogP contribution < -0.4 is 19.9 Å². The Hall–Kier alpha value is -2.27. The van der Waals surface area contributed by atoms with E-state index in [2.05, 4.69) is 0 Å². The number of hydrogen-bond donors (Lipinski definition) is 1. The molecular formula is C20H26FNO3. The molecule has 2 aromatic rings. The highest BCUT2D eigenvalue weighted by molar-refractivity contribution is 5.48. The standard InChI is InChI=1S/C20H26FNO3/c1-4-24-18-10-9-16(21)12-17(18)15(13-22)11-14-7-6-8-19(23-3)20(14)25-5-2/h6-10,12,15H,4-5,11,13,22H2,1-3H3. The van der Waals surface area contributed by atoms with Crippen molar-refractivity contribution in [2.24, 2.45) is 5.73 Å². The molecule has 0 heterocycles. The zero-order valence-electron chi connectivity index (χ0n) is 15.0. The molecule has 0 fully saturated rings. The summed E-state index contributed by atoms with van der Waals surface area (Å²) in [6.45, 7) is 5.24. The van der Waals surface area contributed by atoms with Crippen LogP contribution >= 0.6 is 0 Å². The molecule has 0 aliphatic carbocycles. The Bertz CT molecular complexity index is 691. The smallest absolute Gasteiger partial charge is 0.164 e. The predicted octanol–water partition coefficient (Wildman–Crippen LogP) is 3.92. The van der Waals surface area contributed by atoms with Gasteiger partial charge in [0.05, 0.1) is 20.3 Å². The van der Waals surface area contributed by atoms with Gasteiger partial charge in [-0.05, 0) is 56.6 Å². The predicted molar refractivity (Wildman–Crippen MR) is 97.2 cm³/mol. The lowest BCUT2D eigenvalue weighted by atomic mass is 9.90. The molecule has 0 aromatic heterocycles. The Morgan fingerprint density at radius 3 is 2.44 bits per heavy atom. The van der Waals surface area contributed by atoms with E-state index in [4.69, 9.17) is 19.9 Å². The van der Waals surface area contributed by atoms with Crippen molar-refractivity contribution < 1.29 is 18.6 Å². The van der Waals surface area contributed by atoms with Crippen molar-refractivity contribution in [1.82, 2.24) is 0 Å². The van der Waals surface area contributed by atoms with Gasteiger partial charge in [0.1, 0.15) is 11.6 Å². The minimum atomic E-state index is -0.299. The van der Waals surface area contributed by atoms with E-state index in [0.717, 1.165) is 11.1 Å². The maximum Gasteiger partial charge on any atom is 0.164 e. The topological polar surface area (TPSA) is 53.7 Å². The summed E-state index contributed by atoms with van der Waals surface area (Å²) < 4.78 is 30.6. The molecule has 136 valence electrons. The number of methoxy groups -OCH3 is 1. The molecule has 2 aromatic carbocycles. The monoisotopic (exact) mass is 347 g/mol. The van der Waals surface area contributed by atoms with Crippen LogP contribution in [-0.2, 0) is 6.42 Å². The zero-order valence-corrected chi connectivity index (χ0v) is 15.0. The Kier molecular flexibility index (Phi) is 7.07. The van der Waals surface area contributed by atoms with Gasteiger partial charge in [-0.15, -0.1) is 0 Å². The summed E-state index contributed by atoms with van der Waals surface area (Å²) in [5, 5.41) is 0. The minimum absolute atomic E-state index is 0.0939. The molecule has 5 heteroatoms. The molecule has 4 nitrogen and oxygen atoms in total. The van der Waals surface area contributed by atoms with E-state index in [-0.39, 0.29) is 11.7 Å². The summed E-state index contributed by atoms with van der Waals surface area (Å²) in [5.41, 5.74) is 7.76. The van der Waals surface area contributed by atoms with Gasteiger partial charge in [0.15, 0.2) is 11.5 Å². The molecule has 0 aliphatic rings. The van der Waals surface area contributed by atoms with Gasteiger partial charge in [0, 0.05) is 11.5 Å². The fourth-order valence-corrected chi connectivity index (χ4v) is 2.90. The summed E-state index contributed by atoms with van der Waals surface area (Å²) in [7, 11) is 1.61. The lowest BCUT2D eigenvalue weighted by molar-refractivity contribution is 0.306. The number of nitrogens with two attached hydrogens (primary N) is 1.